The van der Waals surface area contributed by atoms with Gasteiger partial charge in [-0.25, -0.2) is 9.97 Å². The second-order valence-electron chi connectivity index (χ2n) is 7.66. The molecule has 0 bridgehead atoms. The molecule has 3 heterocycles. The van der Waals surface area contributed by atoms with Crippen LogP contribution in [0.5, 0.6) is 0 Å². The van der Waals surface area contributed by atoms with Crippen LogP contribution < -0.4 is 10.6 Å². The SMILES string of the molecule is CN(c1ncc(C(=O)CCc2ccc3c(N)nccc3c2)cc1Cl)C1CCOCC1. The molecule has 1 aliphatic rings. The zero-order chi connectivity index (χ0) is 21.1. The minimum atomic E-state index is 0.0269. The first kappa shape index (κ1) is 20.6. The van der Waals surface area contributed by atoms with Gasteiger partial charge >= 0.3 is 0 Å². The molecule has 1 saturated heterocycles. The van der Waals surface area contributed by atoms with Crippen molar-refractivity contribution in [2.24, 2.45) is 0 Å². The van der Waals surface area contributed by atoms with Crippen LogP contribution in [0.1, 0.15) is 35.2 Å². The maximum absolute atomic E-state index is 12.7. The molecule has 6 nitrogen and oxygen atoms in total. The molecule has 0 saturated carbocycles. The summed E-state index contributed by atoms with van der Waals surface area (Å²) in [4.78, 5) is 23.4. The number of nitrogens with zero attached hydrogens (tertiary/aromatic N) is 3. The fraction of sp³-hybridized carbons (Fsp3) is 0.348. The van der Waals surface area contributed by atoms with Gasteiger partial charge in [0.2, 0.25) is 0 Å². The van der Waals surface area contributed by atoms with E-state index in [0.29, 0.717) is 41.1 Å². The van der Waals surface area contributed by atoms with Gasteiger partial charge in [-0.3, -0.25) is 4.79 Å². The van der Waals surface area contributed by atoms with Crippen molar-refractivity contribution in [1.82, 2.24) is 9.97 Å². The van der Waals surface area contributed by atoms with Crippen LogP contribution in [0.3, 0.4) is 0 Å². The molecule has 7 heteroatoms. The van der Waals surface area contributed by atoms with Gasteiger partial charge in [0.1, 0.15) is 11.6 Å². The Morgan fingerprint density at radius 3 is 2.80 bits per heavy atom. The van der Waals surface area contributed by atoms with Crippen LogP contribution in [0.15, 0.2) is 42.7 Å². The number of hydrogen-bond acceptors (Lipinski definition) is 6. The van der Waals surface area contributed by atoms with Gasteiger partial charge in [-0.2, -0.15) is 0 Å². The summed E-state index contributed by atoms with van der Waals surface area (Å²) in [5.41, 5.74) is 7.53. The molecule has 30 heavy (non-hydrogen) atoms. The van der Waals surface area contributed by atoms with Crippen LogP contribution in [-0.2, 0) is 11.2 Å². The van der Waals surface area contributed by atoms with Gasteiger partial charge in [-0.15, -0.1) is 0 Å². The summed E-state index contributed by atoms with van der Waals surface area (Å²) in [6, 6.07) is 10.0. The predicted molar refractivity (Wildman–Crippen MR) is 120 cm³/mol. The van der Waals surface area contributed by atoms with E-state index in [1.807, 2.05) is 25.2 Å². The van der Waals surface area contributed by atoms with Crippen molar-refractivity contribution >= 4 is 39.8 Å². The number of ketones is 1. The maximum Gasteiger partial charge on any atom is 0.164 e. The third kappa shape index (κ3) is 4.40. The normalized spacial score (nSPS) is 14.7. The number of carbonyl (C=O) groups excluding carboxylic acids is 1. The lowest BCUT2D eigenvalue weighted by Crippen LogP contribution is -2.37. The molecule has 0 atom stereocenters. The van der Waals surface area contributed by atoms with Gasteiger partial charge < -0.3 is 15.4 Å². The largest absolute Gasteiger partial charge is 0.383 e. The first-order chi connectivity index (χ1) is 14.5. The van der Waals surface area contributed by atoms with E-state index < -0.39 is 0 Å². The van der Waals surface area contributed by atoms with E-state index in [0.717, 1.165) is 42.4 Å². The van der Waals surface area contributed by atoms with Crippen LogP contribution in [0.2, 0.25) is 5.02 Å². The minimum Gasteiger partial charge on any atom is -0.383 e. The highest BCUT2D eigenvalue weighted by Gasteiger charge is 2.22. The monoisotopic (exact) mass is 424 g/mol. The van der Waals surface area contributed by atoms with Gasteiger partial charge in [0.05, 0.1) is 5.02 Å². The summed E-state index contributed by atoms with van der Waals surface area (Å²) in [7, 11) is 1.99. The van der Waals surface area contributed by atoms with Gasteiger partial charge in [0, 0.05) is 56.1 Å². The molecule has 1 fully saturated rings. The summed E-state index contributed by atoms with van der Waals surface area (Å²) < 4.78 is 5.43. The smallest absolute Gasteiger partial charge is 0.164 e. The van der Waals surface area contributed by atoms with E-state index in [4.69, 9.17) is 22.1 Å². The first-order valence-electron chi connectivity index (χ1n) is 10.2. The Hall–Kier alpha value is -2.70. The zero-order valence-electron chi connectivity index (χ0n) is 17.0. The number of aryl methyl sites for hydroxylation is 1. The Morgan fingerprint density at radius 1 is 1.23 bits per heavy atom. The molecule has 0 spiro atoms. The van der Waals surface area contributed by atoms with Crippen molar-refractivity contribution in [2.75, 3.05) is 30.9 Å². The van der Waals surface area contributed by atoms with Crippen molar-refractivity contribution in [2.45, 2.75) is 31.7 Å². The highest BCUT2D eigenvalue weighted by atomic mass is 35.5. The summed E-state index contributed by atoms with van der Waals surface area (Å²) in [6.45, 7) is 1.50. The number of Topliss-reactive ketones (excluding diaryl/α,β-unsaturated/α-hetero) is 1. The summed E-state index contributed by atoms with van der Waals surface area (Å²) in [6.07, 6.45) is 6.24. The molecule has 0 unspecified atom stereocenters. The topological polar surface area (TPSA) is 81.3 Å². The van der Waals surface area contributed by atoms with Gasteiger partial charge in [-0.1, -0.05) is 29.8 Å². The van der Waals surface area contributed by atoms with Crippen molar-refractivity contribution < 1.29 is 9.53 Å². The molecule has 0 radical (unpaired) electrons. The van der Waals surface area contributed by atoms with Crippen LogP contribution >= 0.6 is 11.6 Å². The molecular weight excluding hydrogens is 400 g/mol. The van der Waals surface area contributed by atoms with E-state index in [2.05, 4.69) is 20.9 Å². The van der Waals surface area contributed by atoms with Gasteiger partial charge in [0.25, 0.3) is 0 Å². The maximum atomic E-state index is 12.7. The van der Waals surface area contributed by atoms with Crippen LogP contribution in [0.25, 0.3) is 10.8 Å². The summed E-state index contributed by atoms with van der Waals surface area (Å²) >= 11 is 6.48. The number of fused-ring (bicyclic) bond motifs is 1. The number of hydrogen-bond donors (Lipinski definition) is 1. The molecule has 0 aliphatic carbocycles. The van der Waals surface area contributed by atoms with Crippen LogP contribution in [0.4, 0.5) is 11.6 Å². The number of anilines is 2. The average Bonchev–Trinajstić information content (AvgIpc) is 2.77. The van der Waals surface area contributed by atoms with Crippen molar-refractivity contribution in [3.05, 3.63) is 58.9 Å². The minimum absolute atomic E-state index is 0.0269. The molecule has 2 aromatic heterocycles. The Morgan fingerprint density at radius 2 is 2.03 bits per heavy atom. The fourth-order valence-electron chi connectivity index (χ4n) is 3.90. The standard InChI is InChI=1S/C23H25ClN4O2/c1-28(18-7-10-30-11-8-18)23-20(24)13-17(14-27-23)21(29)5-3-15-2-4-19-16(12-15)6-9-26-22(19)25/h2,4,6,9,12-14,18H,3,5,7-8,10-11H2,1H3,(H2,25,26). The molecule has 0 amide bonds. The van der Waals surface area contributed by atoms with E-state index in [1.54, 1.807) is 18.5 Å². The Kier molecular flexibility index (Phi) is 6.16. The second kappa shape index (κ2) is 8.98. The predicted octanol–water partition coefficient (Wildman–Crippen LogP) is 4.30. The van der Waals surface area contributed by atoms with Crippen LogP contribution in [0, 0.1) is 0 Å². The molecule has 4 rings (SSSR count). The molecule has 3 aromatic rings. The number of benzene rings is 1. The second-order valence-corrected chi connectivity index (χ2v) is 8.07. The average molecular weight is 425 g/mol. The number of ether oxygens (including phenoxy) is 1. The first-order valence-corrected chi connectivity index (χ1v) is 10.5. The van der Waals surface area contributed by atoms with Gasteiger partial charge in [-0.05, 0) is 42.3 Å². The van der Waals surface area contributed by atoms with E-state index in [-0.39, 0.29) is 5.78 Å². The van der Waals surface area contributed by atoms with Crippen molar-refractivity contribution in [3.8, 4) is 0 Å². The number of carbonyl (C=O) groups is 1. The van der Waals surface area contributed by atoms with Gasteiger partial charge in [0.15, 0.2) is 5.78 Å². The van der Waals surface area contributed by atoms with E-state index in [1.165, 1.54) is 0 Å². The number of nitrogen functional groups attached to an aromatic ring is 1. The fourth-order valence-corrected chi connectivity index (χ4v) is 4.20. The number of nitrogens with two attached hydrogens (primary N) is 1. The number of pyridine rings is 2. The van der Waals surface area contributed by atoms with Crippen LogP contribution in [-0.4, -0.2) is 42.1 Å². The lowest BCUT2D eigenvalue weighted by Gasteiger charge is -2.32. The van der Waals surface area contributed by atoms with E-state index >= 15 is 0 Å². The number of halogens is 1. The Bertz CT molecular complexity index is 1070. The number of aromatic nitrogens is 2. The molecule has 2 N–H and O–H groups in total. The third-order valence-corrected chi connectivity index (χ3v) is 5.99. The van der Waals surface area contributed by atoms with Crippen molar-refractivity contribution in [3.63, 3.8) is 0 Å². The third-order valence-electron chi connectivity index (χ3n) is 5.72. The highest BCUT2D eigenvalue weighted by molar-refractivity contribution is 6.33. The summed E-state index contributed by atoms with van der Waals surface area (Å²) in [5, 5.41) is 2.45. The highest BCUT2D eigenvalue weighted by Crippen LogP contribution is 2.28. The molecular formula is C23H25ClN4O2. The zero-order valence-corrected chi connectivity index (χ0v) is 17.7. The summed E-state index contributed by atoms with van der Waals surface area (Å²) in [5.74, 6) is 1.25. The molecule has 1 aromatic carbocycles. The Labute approximate surface area is 181 Å². The lowest BCUT2D eigenvalue weighted by molar-refractivity contribution is 0.0853. The van der Waals surface area contributed by atoms with E-state index in [9.17, 15) is 4.79 Å². The molecule has 1 aliphatic heterocycles. The lowest BCUT2D eigenvalue weighted by atomic mass is 10.0. The quantitative estimate of drug-likeness (QED) is 0.594. The Balaban J connectivity index is 1.43. The molecule has 156 valence electrons. The van der Waals surface area contributed by atoms with Crippen molar-refractivity contribution in [1.29, 1.82) is 0 Å². The number of rotatable bonds is 6.